The van der Waals surface area contributed by atoms with Crippen molar-refractivity contribution in [3.8, 4) is 11.1 Å². The van der Waals surface area contributed by atoms with Crippen molar-refractivity contribution in [1.82, 2.24) is 0 Å². The fraction of sp³-hybridized carbons (Fsp3) is 0.0236. The summed E-state index contributed by atoms with van der Waals surface area (Å²) < 4.78 is 20.9. The van der Waals surface area contributed by atoms with Gasteiger partial charge in [-0.15, -0.1) is 22.7 Å². The minimum atomic E-state index is 0. The summed E-state index contributed by atoms with van der Waals surface area (Å²) in [4.78, 5) is 13.9. The zero-order valence-corrected chi connectivity index (χ0v) is 80.3. The molecular formula is C127H95Br3N6O2S2. The Labute approximate surface area is 849 Å². The molecule has 0 bridgehead atoms. The molecule has 140 heavy (non-hydrogen) atoms. The molecule has 25 rings (SSSR count). The highest BCUT2D eigenvalue weighted by molar-refractivity contribution is 9.11. The van der Waals surface area contributed by atoms with Crippen molar-refractivity contribution >= 4 is 268 Å². The third kappa shape index (κ3) is 18.6. The molecule has 0 N–H and O–H groups in total. The number of benzene rings is 21. The Morgan fingerprint density at radius 1 is 0.150 bits per heavy atom. The van der Waals surface area contributed by atoms with Crippen molar-refractivity contribution in [2.24, 2.45) is 0 Å². The number of hydrogen-bond donors (Lipinski definition) is 0. The van der Waals surface area contributed by atoms with Gasteiger partial charge in [0.25, 0.3) is 0 Å². The third-order valence-electron chi connectivity index (χ3n) is 24.9. The molecule has 0 saturated heterocycles. The normalized spacial score (nSPS) is 11.1. The van der Waals surface area contributed by atoms with Crippen LogP contribution >= 0.6 is 70.5 Å². The molecule has 4 aromatic heterocycles. The van der Waals surface area contributed by atoms with Crippen molar-refractivity contribution < 1.29 is 8.83 Å². The van der Waals surface area contributed by atoms with Crippen LogP contribution in [-0.4, -0.2) is 0 Å². The van der Waals surface area contributed by atoms with E-state index in [9.17, 15) is 0 Å². The maximum atomic E-state index is 6.36. The molecule has 4 heterocycles. The number of fused-ring (bicyclic) bond motifs is 13. The minimum absolute atomic E-state index is 0. The van der Waals surface area contributed by atoms with Gasteiger partial charge < -0.3 is 38.2 Å². The van der Waals surface area contributed by atoms with E-state index in [0.717, 1.165) is 160 Å². The Morgan fingerprint density at radius 2 is 0.393 bits per heavy atom. The molecule has 21 aromatic carbocycles. The third-order valence-corrected chi connectivity index (χ3v) is 28.6. The van der Waals surface area contributed by atoms with Crippen molar-refractivity contribution in [2.45, 2.75) is 22.3 Å². The van der Waals surface area contributed by atoms with Crippen LogP contribution in [0.4, 0.5) is 102 Å². The van der Waals surface area contributed by atoms with Crippen molar-refractivity contribution in [2.75, 3.05) is 29.4 Å². The van der Waals surface area contributed by atoms with Crippen molar-refractivity contribution in [3.63, 3.8) is 0 Å². The largest absolute Gasteiger partial charge is 0.456 e. The molecule has 8 nitrogen and oxygen atoms in total. The molecule has 0 aliphatic heterocycles. The van der Waals surface area contributed by atoms with Gasteiger partial charge in [0, 0.05) is 190 Å². The minimum Gasteiger partial charge on any atom is -0.456 e. The number of thiophene rings is 2. The molecule has 0 aliphatic rings. The zero-order valence-electron chi connectivity index (χ0n) is 73.9. The summed E-state index contributed by atoms with van der Waals surface area (Å²) in [6.07, 6.45) is 0. The Morgan fingerprint density at radius 3 is 0.764 bits per heavy atom. The van der Waals surface area contributed by atoms with Crippen molar-refractivity contribution in [3.05, 3.63) is 517 Å². The molecule has 13 heteroatoms. The smallest absolute Gasteiger partial charge is 0.137 e. The topological polar surface area (TPSA) is 45.7 Å². The van der Waals surface area contributed by atoms with E-state index in [1.54, 1.807) is 0 Å². The molecule has 0 spiro atoms. The monoisotopic (exact) mass is 2040 g/mol. The van der Waals surface area contributed by atoms with Gasteiger partial charge in [0.2, 0.25) is 0 Å². The standard InChI is InChI=1S/C42H27BrN2O2.C42H27BrN2S2.C40H29BrN2.3CH4/c43-28-23-33(44(29-11-3-1-4-12-29)30-13-5-2-6-14-30)25-34(24-28)45(31-19-21-37-35-15-7-9-17-39(35)46-41(37)26-31)32-20-22-38-36-16-8-10-18-40(36)47-42(38)27-32;43-28-23-33(44(29-11-3-1-4-12-29)31-19-21-41-37(26-31)35-15-7-9-17-39(35)46-41)25-34(24-28)45(30-13-5-2-6-14-30)32-20-22-42-38(27-32)36-16-8-10-18-40(36)47-42;41-34-27-39(42(35-16-6-2-7-17-35)37-23-20-32(21-24-37)30-12-4-1-5-13-30)29-40(28-34)43(36-18-8-3-9-19-36)38-25-22-31-14-10-11-15-33(31)26-38;;;/h2*1-27H;1-29H;3*1H4. The lowest BCUT2D eigenvalue weighted by Crippen LogP contribution is -2.13. The van der Waals surface area contributed by atoms with Crippen LogP contribution in [0.15, 0.2) is 526 Å². The average molecular weight is 2040 g/mol. The predicted octanol–water partition coefficient (Wildman–Crippen LogP) is 41.4. The zero-order chi connectivity index (χ0) is 91.7. The number of anilines is 18. The Balaban J connectivity index is 0.000000128. The predicted molar refractivity (Wildman–Crippen MR) is 614 cm³/mol. The molecule has 0 amide bonds. The number of halogens is 3. The second-order valence-electron chi connectivity index (χ2n) is 33.6. The van der Waals surface area contributed by atoms with E-state index in [-0.39, 0.29) is 22.3 Å². The maximum Gasteiger partial charge on any atom is 0.137 e. The van der Waals surface area contributed by atoms with E-state index in [2.05, 4.69) is 532 Å². The van der Waals surface area contributed by atoms with Crippen LogP contribution in [0.1, 0.15) is 22.3 Å². The highest BCUT2D eigenvalue weighted by Gasteiger charge is 2.26. The van der Waals surface area contributed by atoms with Crippen molar-refractivity contribution in [1.29, 1.82) is 0 Å². The second kappa shape index (κ2) is 40.8. The van der Waals surface area contributed by atoms with Gasteiger partial charge in [0.15, 0.2) is 0 Å². The molecule has 0 fully saturated rings. The highest BCUT2D eigenvalue weighted by atomic mass is 79.9. The molecule has 25 aromatic rings. The first kappa shape index (κ1) is 91.9. The van der Waals surface area contributed by atoms with E-state index >= 15 is 0 Å². The summed E-state index contributed by atoms with van der Waals surface area (Å²) in [6.45, 7) is 0. The van der Waals surface area contributed by atoms with Gasteiger partial charge in [-0.2, -0.15) is 0 Å². The number of nitrogens with zero attached hydrogens (tertiary/aromatic N) is 6. The van der Waals surface area contributed by atoms with Gasteiger partial charge in [0.05, 0.1) is 0 Å². The number of furan rings is 2. The van der Waals surface area contributed by atoms with Gasteiger partial charge in [-0.1, -0.05) is 325 Å². The maximum absolute atomic E-state index is 6.36. The first-order valence-corrected chi connectivity index (χ1v) is 49.5. The van der Waals surface area contributed by atoms with Gasteiger partial charge in [-0.05, 0) is 258 Å². The number of rotatable bonds is 19. The Kier molecular flexibility index (Phi) is 26.8. The van der Waals surface area contributed by atoms with E-state index < -0.39 is 0 Å². The van der Waals surface area contributed by atoms with Crippen LogP contribution < -0.4 is 29.4 Å². The van der Waals surface area contributed by atoms with Crippen LogP contribution in [-0.2, 0) is 0 Å². The Hall–Kier alpha value is -15.8. The fourth-order valence-electron chi connectivity index (χ4n) is 18.8. The van der Waals surface area contributed by atoms with Gasteiger partial charge in [-0.25, -0.2) is 0 Å². The van der Waals surface area contributed by atoms with Crippen LogP contribution in [0.3, 0.4) is 0 Å². The second-order valence-corrected chi connectivity index (χ2v) is 38.5. The van der Waals surface area contributed by atoms with E-state index in [1.165, 1.54) is 62.2 Å². The summed E-state index contributed by atoms with van der Waals surface area (Å²) in [5, 5.41) is 12.0. The molecule has 0 saturated carbocycles. The van der Waals surface area contributed by atoms with E-state index in [4.69, 9.17) is 8.83 Å². The van der Waals surface area contributed by atoms with E-state index in [1.807, 2.05) is 71.2 Å². The lowest BCUT2D eigenvalue weighted by molar-refractivity contribution is 0.669. The highest BCUT2D eigenvalue weighted by Crippen LogP contribution is 2.51. The number of hydrogen-bond acceptors (Lipinski definition) is 10. The quantitative estimate of drug-likeness (QED) is 0.0794. The van der Waals surface area contributed by atoms with Crippen LogP contribution in [0.2, 0.25) is 0 Å². The van der Waals surface area contributed by atoms with Gasteiger partial charge in [-0.3, -0.25) is 0 Å². The Bertz CT molecular complexity index is 8360. The fourth-order valence-corrected chi connectivity index (χ4v) is 22.3. The van der Waals surface area contributed by atoms with Crippen LogP contribution in [0, 0.1) is 0 Å². The summed E-state index contributed by atoms with van der Waals surface area (Å²) in [6, 6.07) is 178. The summed E-state index contributed by atoms with van der Waals surface area (Å²) in [5.74, 6) is 0. The molecule has 678 valence electrons. The first-order chi connectivity index (χ1) is 67.6. The summed E-state index contributed by atoms with van der Waals surface area (Å²) in [7, 11) is 0. The summed E-state index contributed by atoms with van der Waals surface area (Å²) >= 11 is 15.4. The molecule has 0 atom stereocenters. The van der Waals surface area contributed by atoms with Gasteiger partial charge >= 0.3 is 0 Å². The van der Waals surface area contributed by atoms with Crippen LogP contribution in [0.5, 0.6) is 0 Å². The average Bonchev–Trinajstić information content (AvgIpc) is 1.58. The lowest BCUT2D eigenvalue weighted by atomic mass is 10.0. The molecular weight excluding hydrogens is 1950 g/mol. The van der Waals surface area contributed by atoms with Gasteiger partial charge in [0.1, 0.15) is 22.3 Å². The molecule has 0 aliphatic carbocycles. The number of para-hydroxylation sites is 8. The molecule has 0 unspecified atom stereocenters. The van der Waals surface area contributed by atoms with Crippen LogP contribution in [0.25, 0.3) is 106 Å². The molecule has 0 radical (unpaired) electrons. The lowest BCUT2D eigenvalue weighted by Gasteiger charge is -2.30. The first-order valence-electron chi connectivity index (χ1n) is 45.4. The summed E-state index contributed by atoms with van der Waals surface area (Å²) in [5.41, 5.74) is 25.0. The van der Waals surface area contributed by atoms with E-state index in [0.29, 0.717) is 0 Å². The SMILES string of the molecule is Brc1cc(N(c2ccccc2)c2ccc(-c3ccccc3)cc2)cc(N(c2ccccc2)c2ccc3ccccc3c2)c1.Brc1cc(N(c2ccccc2)c2ccc3sc4ccccc4c3c2)cc(N(c2ccccc2)c2ccc3sc4ccccc4c3c2)c1.Brc1cc(N(c2ccccc2)c2ccccc2)cc(N(c2ccc3c(c2)oc2ccccc23)c2ccc3c(c2)oc2ccccc23)c1.C.C.C.